The van der Waals surface area contributed by atoms with Crippen LogP contribution in [0.4, 0.5) is 0 Å². The van der Waals surface area contributed by atoms with Crippen LogP contribution in [-0.2, 0) is 18.3 Å². The second kappa shape index (κ2) is 5.21. The molecule has 1 unspecified atom stereocenters. The third-order valence-electron chi connectivity index (χ3n) is 3.51. The van der Waals surface area contributed by atoms with E-state index in [1.165, 1.54) is 10.5 Å². The van der Waals surface area contributed by atoms with Crippen LogP contribution in [0.1, 0.15) is 23.5 Å². The van der Waals surface area contributed by atoms with E-state index in [9.17, 15) is 4.79 Å². The summed E-state index contributed by atoms with van der Waals surface area (Å²) in [5.74, 6) is 1.32. The summed E-state index contributed by atoms with van der Waals surface area (Å²) in [6, 6.07) is 8.25. The second-order valence-corrected chi connectivity index (χ2v) is 5.95. The minimum atomic E-state index is 0.0814. The van der Waals surface area contributed by atoms with Crippen molar-refractivity contribution >= 4 is 17.5 Å². The molecular weight excluding hydrogens is 256 g/mol. The first kappa shape index (κ1) is 12.5. The van der Waals surface area contributed by atoms with Gasteiger partial charge in [-0.05, 0) is 23.6 Å². The van der Waals surface area contributed by atoms with Crippen molar-refractivity contribution in [3.63, 3.8) is 0 Å². The Balaban J connectivity index is 1.66. The minimum Gasteiger partial charge on any atom is -0.299 e. The molecule has 2 heterocycles. The van der Waals surface area contributed by atoms with E-state index in [0.717, 1.165) is 17.7 Å². The fourth-order valence-electron chi connectivity index (χ4n) is 2.47. The van der Waals surface area contributed by atoms with E-state index in [0.29, 0.717) is 12.2 Å². The summed E-state index contributed by atoms with van der Waals surface area (Å²) in [6.45, 7) is 0. The number of thioether (sulfide) groups is 1. The van der Waals surface area contributed by atoms with Crippen LogP contribution in [0.3, 0.4) is 0 Å². The van der Waals surface area contributed by atoms with E-state index in [2.05, 4.69) is 17.2 Å². The highest BCUT2D eigenvalue weighted by atomic mass is 32.2. The Labute approximate surface area is 117 Å². The van der Waals surface area contributed by atoms with Crippen molar-refractivity contribution in [1.29, 1.82) is 0 Å². The molecule has 4 heteroatoms. The largest absolute Gasteiger partial charge is 0.299 e. The summed E-state index contributed by atoms with van der Waals surface area (Å²) in [5.41, 5.74) is 2.35. The highest BCUT2D eigenvalue weighted by Gasteiger charge is 2.28. The number of ketones is 1. The number of carbonyl (C=O) groups excluding carboxylic acids is 1. The van der Waals surface area contributed by atoms with E-state index >= 15 is 0 Å². The van der Waals surface area contributed by atoms with E-state index in [1.54, 1.807) is 16.4 Å². The number of nitrogens with zero attached hydrogens (tertiary/aromatic N) is 2. The Kier molecular flexibility index (Phi) is 3.42. The Hall–Kier alpha value is -1.55. The molecule has 98 valence electrons. The van der Waals surface area contributed by atoms with Crippen molar-refractivity contribution < 1.29 is 4.79 Å². The fourth-order valence-corrected chi connectivity index (χ4v) is 3.74. The zero-order valence-corrected chi connectivity index (χ0v) is 11.7. The van der Waals surface area contributed by atoms with Crippen LogP contribution in [0.2, 0.25) is 0 Å². The van der Waals surface area contributed by atoms with E-state index < -0.39 is 0 Å². The average Bonchev–Trinajstić information content (AvgIpc) is 3.02. The van der Waals surface area contributed by atoms with E-state index in [1.807, 2.05) is 31.6 Å². The fraction of sp³-hybridized carbons (Fsp3) is 0.333. The molecule has 0 aliphatic carbocycles. The number of Topliss-reactive ketones (excluding diaryl/α,β-unsaturated/α-hetero) is 1. The van der Waals surface area contributed by atoms with Gasteiger partial charge in [-0.2, -0.15) is 5.10 Å². The van der Waals surface area contributed by atoms with Gasteiger partial charge >= 0.3 is 0 Å². The highest BCUT2D eigenvalue weighted by molar-refractivity contribution is 7.99. The standard InChI is InChI=1S/C15H16N2OS/c1-17-9-11(8-16-17)6-7-14(18)13-10-19-15-5-3-2-4-12(13)15/h2-5,8-9,13H,6-7,10H2,1H3. The zero-order valence-electron chi connectivity index (χ0n) is 10.9. The quantitative estimate of drug-likeness (QED) is 0.858. The van der Waals surface area contributed by atoms with E-state index in [-0.39, 0.29) is 5.92 Å². The molecule has 0 saturated heterocycles. The molecule has 0 bridgehead atoms. The van der Waals surface area contributed by atoms with Gasteiger partial charge in [-0.25, -0.2) is 0 Å². The molecule has 19 heavy (non-hydrogen) atoms. The second-order valence-electron chi connectivity index (χ2n) is 4.89. The SMILES string of the molecule is Cn1cc(CCC(=O)C2CSc3ccccc32)cn1. The minimum absolute atomic E-state index is 0.0814. The molecule has 1 aromatic carbocycles. The van der Waals surface area contributed by atoms with Crippen molar-refractivity contribution in [3.05, 3.63) is 47.8 Å². The van der Waals surface area contributed by atoms with Gasteiger partial charge in [-0.3, -0.25) is 9.48 Å². The molecule has 1 aromatic heterocycles. The van der Waals surface area contributed by atoms with Gasteiger partial charge in [0.15, 0.2) is 0 Å². The van der Waals surface area contributed by atoms with Crippen LogP contribution in [-0.4, -0.2) is 21.3 Å². The van der Waals surface area contributed by atoms with Crippen molar-refractivity contribution in [3.8, 4) is 0 Å². The first-order valence-corrected chi connectivity index (χ1v) is 7.44. The number of fused-ring (bicyclic) bond motifs is 1. The van der Waals surface area contributed by atoms with Gasteiger partial charge in [-0.15, -0.1) is 11.8 Å². The molecule has 1 aliphatic rings. The predicted octanol–water partition coefficient (Wildman–Crippen LogP) is 2.81. The van der Waals surface area contributed by atoms with Crippen LogP contribution >= 0.6 is 11.8 Å². The van der Waals surface area contributed by atoms with Crippen LogP contribution in [0.15, 0.2) is 41.6 Å². The normalized spacial score (nSPS) is 17.4. The maximum Gasteiger partial charge on any atom is 0.141 e. The van der Waals surface area contributed by atoms with Crippen molar-refractivity contribution in [2.45, 2.75) is 23.7 Å². The van der Waals surface area contributed by atoms with Crippen LogP contribution < -0.4 is 0 Å². The first-order valence-electron chi connectivity index (χ1n) is 6.46. The molecule has 0 amide bonds. The van der Waals surface area contributed by atoms with Gasteiger partial charge in [0.05, 0.1) is 12.1 Å². The number of benzene rings is 1. The lowest BCUT2D eigenvalue weighted by Crippen LogP contribution is -2.12. The molecule has 1 aliphatic heterocycles. The summed E-state index contributed by atoms with van der Waals surface area (Å²) < 4.78 is 1.78. The predicted molar refractivity (Wildman–Crippen MR) is 76.4 cm³/mol. The highest BCUT2D eigenvalue weighted by Crippen LogP contribution is 2.40. The molecule has 0 fully saturated rings. The van der Waals surface area contributed by atoms with Gasteiger partial charge in [-0.1, -0.05) is 18.2 Å². The monoisotopic (exact) mass is 272 g/mol. The molecule has 3 rings (SSSR count). The average molecular weight is 272 g/mol. The molecule has 0 saturated carbocycles. The molecule has 0 spiro atoms. The van der Waals surface area contributed by atoms with Crippen molar-refractivity contribution in [1.82, 2.24) is 9.78 Å². The lowest BCUT2D eigenvalue weighted by atomic mass is 9.93. The van der Waals surface area contributed by atoms with Crippen LogP contribution in [0, 0.1) is 0 Å². The first-order chi connectivity index (χ1) is 9.24. The Morgan fingerprint density at radius 3 is 3.11 bits per heavy atom. The van der Waals surface area contributed by atoms with Gasteiger partial charge in [0.25, 0.3) is 0 Å². The molecule has 0 N–H and O–H groups in total. The number of hydrogen-bond acceptors (Lipinski definition) is 3. The van der Waals surface area contributed by atoms with Gasteiger partial charge in [0.1, 0.15) is 5.78 Å². The van der Waals surface area contributed by atoms with E-state index in [4.69, 9.17) is 0 Å². The lowest BCUT2D eigenvalue weighted by Gasteiger charge is -2.08. The van der Waals surface area contributed by atoms with Crippen LogP contribution in [0.5, 0.6) is 0 Å². The topological polar surface area (TPSA) is 34.9 Å². The number of aryl methyl sites for hydroxylation is 2. The number of rotatable bonds is 4. The Bertz CT molecular complexity index is 606. The summed E-state index contributed by atoms with van der Waals surface area (Å²) in [6.07, 6.45) is 5.20. The molecule has 1 atom stereocenters. The summed E-state index contributed by atoms with van der Waals surface area (Å²) in [4.78, 5) is 13.6. The molecule has 2 aromatic rings. The Morgan fingerprint density at radius 1 is 1.47 bits per heavy atom. The maximum absolute atomic E-state index is 12.3. The molecule has 3 nitrogen and oxygen atoms in total. The molecule has 0 radical (unpaired) electrons. The third kappa shape index (κ3) is 2.59. The summed E-state index contributed by atoms with van der Waals surface area (Å²) in [7, 11) is 1.90. The summed E-state index contributed by atoms with van der Waals surface area (Å²) >= 11 is 1.79. The smallest absolute Gasteiger partial charge is 0.141 e. The lowest BCUT2D eigenvalue weighted by molar-refractivity contribution is -0.120. The summed E-state index contributed by atoms with van der Waals surface area (Å²) in [5, 5.41) is 4.13. The van der Waals surface area contributed by atoms with Crippen molar-refractivity contribution in [2.24, 2.45) is 7.05 Å². The number of hydrogen-bond donors (Lipinski definition) is 0. The molecular formula is C15H16N2OS. The zero-order chi connectivity index (χ0) is 13.2. The number of carbonyl (C=O) groups is 1. The van der Waals surface area contributed by atoms with Crippen LogP contribution in [0.25, 0.3) is 0 Å². The maximum atomic E-state index is 12.3. The van der Waals surface area contributed by atoms with Gasteiger partial charge in [0.2, 0.25) is 0 Å². The number of aromatic nitrogens is 2. The third-order valence-corrected chi connectivity index (χ3v) is 4.69. The van der Waals surface area contributed by atoms with Gasteiger partial charge in [0, 0.05) is 30.3 Å². The Morgan fingerprint density at radius 2 is 2.32 bits per heavy atom. The van der Waals surface area contributed by atoms with Crippen molar-refractivity contribution in [2.75, 3.05) is 5.75 Å². The van der Waals surface area contributed by atoms with Gasteiger partial charge < -0.3 is 0 Å².